The zero-order valence-corrected chi connectivity index (χ0v) is 10.1. The van der Waals surface area contributed by atoms with Gasteiger partial charge in [0, 0.05) is 19.8 Å². The number of halogens is 2. The summed E-state index contributed by atoms with van der Waals surface area (Å²) in [5.41, 5.74) is 6.60. The Hall–Kier alpha value is -0.810. The molecule has 1 heterocycles. The highest BCUT2D eigenvalue weighted by molar-refractivity contribution is 9.11. The summed E-state index contributed by atoms with van der Waals surface area (Å²) in [5.74, 6) is -0.466. The Morgan fingerprint density at radius 2 is 2.21 bits per heavy atom. The molecule has 0 atom stereocenters. The van der Waals surface area contributed by atoms with Crippen LogP contribution in [-0.2, 0) is 0 Å². The minimum Gasteiger partial charge on any atom is -0.366 e. The van der Waals surface area contributed by atoms with E-state index in [1.54, 1.807) is 12.1 Å². The van der Waals surface area contributed by atoms with Gasteiger partial charge in [0.15, 0.2) is 0 Å². The second kappa shape index (κ2) is 3.40. The number of hydrogen-bond donors (Lipinski definition) is 2. The third-order valence-corrected chi connectivity index (χ3v) is 3.37. The molecule has 0 spiro atoms. The minimum atomic E-state index is -0.466. The van der Waals surface area contributed by atoms with Crippen molar-refractivity contribution in [3.8, 4) is 0 Å². The first-order chi connectivity index (χ1) is 6.61. The summed E-state index contributed by atoms with van der Waals surface area (Å²) in [7, 11) is 0. The van der Waals surface area contributed by atoms with Crippen LogP contribution < -0.4 is 5.73 Å². The molecule has 1 radical (unpaired) electrons. The van der Waals surface area contributed by atoms with E-state index in [4.69, 9.17) is 5.73 Å². The molecule has 0 aliphatic rings. The maximum Gasteiger partial charge on any atom is 0.251 e. The first-order valence-electron chi connectivity index (χ1n) is 3.78. The average molecular weight is 317 g/mol. The number of nitrogens with one attached hydrogen (secondary N) is 1. The fourth-order valence-electron chi connectivity index (χ4n) is 1.29. The molecule has 0 unspecified atom stereocenters. The number of rotatable bonds is 1. The van der Waals surface area contributed by atoms with Gasteiger partial charge in [-0.05, 0) is 44.0 Å². The van der Waals surface area contributed by atoms with E-state index in [9.17, 15) is 4.79 Å². The Kier molecular flexibility index (Phi) is 2.36. The largest absolute Gasteiger partial charge is 0.366 e. The molecule has 71 valence electrons. The first-order valence-corrected chi connectivity index (χ1v) is 5.36. The molecule has 0 aliphatic heterocycles. The van der Waals surface area contributed by atoms with Crippen molar-refractivity contribution < 1.29 is 4.79 Å². The van der Waals surface area contributed by atoms with Gasteiger partial charge in [-0.3, -0.25) is 4.79 Å². The Morgan fingerprint density at radius 3 is 2.86 bits per heavy atom. The maximum atomic E-state index is 11.1. The van der Waals surface area contributed by atoms with Crippen LogP contribution in [0.3, 0.4) is 0 Å². The standard InChI is InChI=1S/C9H5Br2N2O/c10-5-3-6-4(1-2-13-6)8(11)7(5)9(12)14/h1,3,13H,(H2,12,14). The van der Waals surface area contributed by atoms with Crippen LogP contribution in [0.25, 0.3) is 10.9 Å². The van der Waals surface area contributed by atoms with Gasteiger partial charge < -0.3 is 10.7 Å². The van der Waals surface area contributed by atoms with Gasteiger partial charge in [-0.15, -0.1) is 0 Å². The average Bonchev–Trinajstić information content (AvgIpc) is 2.50. The zero-order valence-electron chi connectivity index (χ0n) is 6.90. The first kappa shape index (κ1) is 9.73. The van der Waals surface area contributed by atoms with Crippen molar-refractivity contribution in [3.63, 3.8) is 0 Å². The summed E-state index contributed by atoms with van der Waals surface area (Å²) in [6, 6.07) is 3.56. The summed E-state index contributed by atoms with van der Waals surface area (Å²) in [6.07, 6.45) is 2.84. The van der Waals surface area contributed by atoms with Gasteiger partial charge in [0.05, 0.1) is 11.8 Å². The van der Waals surface area contributed by atoms with Crippen molar-refractivity contribution in [1.82, 2.24) is 4.98 Å². The highest BCUT2D eigenvalue weighted by Gasteiger charge is 2.14. The monoisotopic (exact) mass is 315 g/mol. The minimum absolute atomic E-state index is 0.450. The molecule has 5 heteroatoms. The van der Waals surface area contributed by atoms with Gasteiger partial charge in [0.2, 0.25) is 0 Å². The lowest BCUT2D eigenvalue weighted by atomic mass is 10.1. The van der Waals surface area contributed by atoms with Crippen LogP contribution in [0, 0.1) is 6.20 Å². The number of amides is 1. The van der Waals surface area contributed by atoms with Gasteiger partial charge in [-0.25, -0.2) is 0 Å². The van der Waals surface area contributed by atoms with Crippen LogP contribution in [0.1, 0.15) is 10.4 Å². The lowest BCUT2D eigenvalue weighted by Crippen LogP contribution is -2.12. The fourth-order valence-corrected chi connectivity index (χ4v) is 2.92. The van der Waals surface area contributed by atoms with E-state index in [0.717, 1.165) is 10.9 Å². The number of H-pyrrole nitrogens is 1. The molecule has 0 aliphatic carbocycles. The Morgan fingerprint density at radius 1 is 1.50 bits per heavy atom. The molecule has 1 aromatic carbocycles. The Labute approximate surface area is 96.9 Å². The number of hydrogen-bond acceptors (Lipinski definition) is 1. The molecule has 1 aromatic heterocycles. The number of carbonyl (C=O) groups excluding carboxylic acids is 1. The molecule has 2 aromatic rings. The molecule has 2 rings (SSSR count). The van der Waals surface area contributed by atoms with E-state index in [1.807, 2.05) is 0 Å². The van der Waals surface area contributed by atoms with Crippen molar-refractivity contribution in [2.75, 3.05) is 0 Å². The van der Waals surface area contributed by atoms with Crippen LogP contribution in [0.4, 0.5) is 0 Å². The number of fused-ring (bicyclic) bond motifs is 1. The smallest absolute Gasteiger partial charge is 0.251 e. The second-order valence-electron chi connectivity index (χ2n) is 2.79. The van der Waals surface area contributed by atoms with E-state index in [1.165, 1.54) is 0 Å². The number of benzene rings is 1. The Balaban J connectivity index is 2.89. The molecule has 0 saturated carbocycles. The maximum absolute atomic E-state index is 11.1. The fraction of sp³-hybridized carbons (Fsp3) is 0. The zero-order chi connectivity index (χ0) is 10.3. The van der Waals surface area contributed by atoms with Crippen LogP contribution in [-0.4, -0.2) is 10.9 Å². The normalized spacial score (nSPS) is 10.7. The number of primary amides is 1. The van der Waals surface area contributed by atoms with Crippen molar-refractivity contribution in [2.45, 2.75) is 0 Å². The SMILES string of the molecule is NC(=O)c1c(Br)cc2[nH][c]cc2c1Br. The molecule has 0 saturated heterocycles. The van der Waals surface area contributed by atoms with Crippen LogP contribution in [0.15, 0.2) is 21.1 Å². The quantitative estimate of drug-likeness (QED) is 0.834. The van der Waals surface area contributed by atoms with E-state index < -0.39 is 5.91 Å². The molecule has 0 fully saturated rings. The third kappa shape index (κ3) is 1.36. The van der Waals surface area contributed by atoms with Crippen molar-refractivity contribution in [2.24, 2.45) is 5.73 Å². The predicted molar refractivity (Wildman–Crippen MR) is 61.1 cm³/mol. The van der Waals surface area contributed by atoms with Gasteiger partial charge in [0.25, 0.3) is 5.91 Å². The summed E-state index contributed by atoms with van der Waals surface area (Å²) in [5, 5.41) is 0.891. The molecule has 3 nitrogen and oxygen atoms in total. The van der Waals surface area contributed by atoms with Crippen molar-refractivity contribution in [3.05, 3.63) is 32.8 Å². The lowest BCUT2D eigenvalue weighted by molar-refractivity contribution is 0.0999. The second-order valence-corrected chi connectivity index (χ2v) is 4.43. The third-order valence-electron chi connectivity index (χ3n) is 1.93. The molecule has 14 heavy (non-hydrogen) atoms. The summed E-state index contributed by atoms with van der Waals surface area (Å²) in [4.78, 5) is 14.1. The van der Waals surface area contributed by atoms with Gasteiger partial charge in [0.1, 0.15) is 0 Å². The number of aromatic amines is 1. The highest BCUT2D eigenvalue weighted by Crippen LogP contribution is 2.32. The van der Waals surface area contributed by atoms with Crippen molar-refractivity contribution >= 4 is 48.7 Å². The predicted octanol–water partition coefficient (Wildman–Crippen LogP) is 2.59. The number of nitrogens with two attached hydrogens (primary N) is 1. The molecule has 1 amide bonds. The summed E-state index contributed by atoms with van der Waals surface area (Å²) < 4.78 is 1.35. The molecular weight excluding hydrogens is 312 g/mol. The van der Waals surface area contributed by atoms with E-state index >= 15 is 0 Å². The van der Waals surface area contributed by atoms with E-state index in [0.29, 0.717) is 14.5 Å². The highest BCUT2D eigenvalue weighted by atomic mass is 79.9. The van der Waals surface area contributed by atoms with Crippen LogP contribution in [0.5, 0.6) is 0 Å². The Bertz CT molecular complexity index is 519. The summed E-state index contributed by atoms with van der Waals surface area (Å²) >= 11 is 6.63. The topological polar surface area (TPSA) is 58.9 Å². The van der Waals surface area contributed by atoms with Crippen LogP contribution in [0.2, 0.25) is 0 Å². The number of carbonyl (C=O) groups is 1. The van der Waals surface area contributed by atoms with Gasteiger partial charge >= 0.3 is 0 Å². The van der Waals surface area contributed by atoms with Gasteiger partial charge in [-0.1, -0.05) is 0 Å². The van der Waals surface area contributed by atoms with E-state index in [2.05, 4.69) is 43.0 Å². The van der Waals surface area contributed by atoms with Crippen LogP contribution >= 0.6 is 31.9 Å². The molecule has 0 bridgehead atoms. The molecule has 3 N–H and O–H groups in total. The van der Waals surface area contributed by atoms with Crippen molar-refractivity contribution in [1.29, 1.82) is 0 Å². The number of aromatic nitrogens is 1. The van der Waals surface area contributed by atoms with Gasteiger partial charge in [-0.2, -0.15) is 0 Å². The lowest BCUT2D eigenvalue weighted by Gasteiger charge is -2.04. The molecular formula is C9H5Br2N2O. The van der Waals surface area contributed by atoms with E-state index in [-0.39, 0.29) is 0 Å². The summed E-state index contributed by atoms with van der Waals surface area (Å²) in [6.45, 7) is 0.